The van der Waals surface area contributed by atoms with E-state index in [9.17, 15) is 0 Å². The van der Waals surface area contributed by atoms with E-state index in [2.05, 4.69) is 158 Å². The minimum Gasteiger partial charge on any atom is -0.455 e. The summed E-state index contributed by atoms with van der Waals surface area (Å²) in [6.45, 7) is 0. The van der Waals surface area contributed by atoms with Crippen molar-refractivity contribution in [2.75, 3.05) is 0 Å². The molecule has 0 amide bonds. The number of fused-ring (bicyclic) bond motifs is 10. The van der Waals surface area contributed by atoms with Gasteiger partial charge in [-0.15, -0.1) is 11.3 Å². The SMILES string of the molecule is c1ccc(-c2cc(-c3cccc(-c4cccc5c4oc4ccccc45)c3)nc(-c3ccc(-c4nc5ccc6ccccc6c5c5c4sc4ccccc45)cc3)n2)cc1. The third-order valence-corrected chi connectivity index (χ3v) is 12.5. The van der Waals surface area contributed by atoms with Gasteiger partial charge in [0.2, 0.25) is 0 Å². The van der Waals surface area contributed by atoms with Gasteiger partial charge in [-0.2, -0.15) is 0 Å². The van der Waals surface area contributed by atoms with Crippen molar-refractivity contribution in [3.63, 3.8) is 0 Å². The van der Waals surface area contributed by atoms with Crippen LogP contribution >= 0.6 is 11.3 Å². The van der Waals surface area contributed by atoms with Gasteiger partial charge in [-0.1, -0.05) is 158 Å². The van der Waals surface area contributed by atoms with Gasteiger partial charge >= 0.3 is 0 Å². The number of aromatic nitrogens is 3. The summed E-state index contributed by atoms with van der Waals surface area (Å²) in [6, 6.07) is 65.8. The monoisotopic (exact) mass is 757 g/mol. The van der Waals surface area contributed by atoms with E-state index in [0.29, 0.717) is 5.82 Å². The Morgan fingerprint density at radius 3 is 1.97 bits per heavy atom. The van der Waals surface area contributed by atoms with Crippen LogP contribution in [0.2, 0.25) is 0 Å². The van der Waals surface area contributed by atoms with E-state index < -0.39 is 0 Å². The number of hydrogen-bond donors (Lipinski definition) is 0. The summed E-state index contributed by atoms with van der Waals surface area (Å²) in [5.41, 5.74) is 11.6. The lowest BCUT2D eigenvalue weighted by atomic mass is 9.98. The second kappa shape index (κ2) is 13.1. The van der Waals surface area contributed by atoms with Gasteiger partial charge in [0, 0.05) is 59.4 Å². The molecule has 0 aliphatic rings. The molecule has 58 heavy (non-hydrogen) atoms. The molecule has 4 nitrogen and oxygen atoms in total. The molecule has 0 fully saturated rings. The molecule has 0 unspecified atom stereocenters. The number of nitrogens with zero attached hydrogens (tertiary/aromatic N) is 3. The lowest BCUT2D eigenvalue weighted by molar-refractivity contribution is 0.670. The van der Waals surface area contributed by atoms with E-state index in [4.69, 9.17) is 19.4 Å². The summed E-state index contributed by atoms with van der Waals surface area (Å²) in [4.78, 5) is 15.8. The fourth-order valence-corrected chi connectivity index (χ4v) is 9.74. The molecular formula is C53H31N3OS. The highest BCUT2D eigenvalue weighted by atomic mass is 32.1. The fraction of sp³-hybridized carbons (Fsp3) is 0. The number of thiophene rings is 1. The number of furan rings is 1. The summed E-state index contributed by atoms with van der Waals surface area (Å²) >= 11 is 1.81. The van der Waals surface area contributed by atoms with Crippen LogP contribution in [0.15, 0.2) is 192 Å². The number of pyridine rings is 1. The fourth-order valence-electron chi connectivity index (χ4n) is 8.52. The molecule has 5 heteroatoms. The van der Waals surface area contributed by atoms with Crippen LogP contribution < -0.4 is 0 Å². The zero-order valence-electron chi connectivity index (χ0n) is 31.1. The van der Waals surface area contributed by atoms with Gasteiger partial charge in [0.05, 0.1) is 27.3 Å². The quantitative estimate of drug-likeness (QED) is 0.164. The number of hydrogen-bond acceptors (Lipinski definition) is 5. The second-order valence-corrected chi connectivity index (χ2v) is 15.8. The van der Waals surface area contributed by atoms with Gasteiger partial charge in [-0.05, 0) is 46.7 Å². The average molecular weight is 758 g/mol. The molecule has 12 aromatic rings. The topological polar surface area (TPSA) is 51.8 Å². The molecule has 0 atom stereocenters. The molecule has 0 spiro atoms. The Bertz CT molecular complexity index is 3570. The van der Waals surface area contributed by atoms with Crippen molar-refractivity contribution in [3.8, 4) is 56.3 Å². The van der Waals surface area contributed by atoms with E-state index >= 15 is 0 Å². The van der Waals surface area contributed by atoms with Crippen molar-refractivity contribution in [1.29, 1.82) is 0 Å². The highest BCUT2D eigenvalue weighted by Gasteiger charge is 2.19. The number of para-hydroxylation sites is 2. The molecule has 0 aliphatic heterocycles. The smallest absolute Gasteiger partial charge is 0.160 e. The zero-order valence-corrected chi connectivity index (χ0v) is 31.9. The normalized spacial score (nSPS) is 11.8. The molecule has 0 saturated carbocycles. The van der Waals surface area contributed by atoms with Gasteiger partial charge in [-0.3, -0.25) is 0 Å². The van der Waals surface area contributed by atoms with E-state index in [-0.39, 0.29) is 0 Å². The first-order chi connectivity index (χ1) is 28.7. The van der Waals surface area contributed by atoms with Crippen LogP contribution in [0, 0.1) is 0 Å². The van der Waals surface area contributed by atoms with Crippen LogP contribution in [-0.2, 0) is 0 Å². The molecule has 0 radical (unpaired) electrons. The minimum atomic E-state index is 0.664. The van der Waals surface area contributed by atoms with Crippen molar-refractivity contribution < 1.29 is 4.42 Å². The molecule has 0 aliphatic carbocycles. The van der Waals surface area contributed by atoms with Crippen molar-refractivity contribution in [2.24, 2.45) is 0 Å². The summed E-state index contributed by atoms with van der Waals surface area (Å²) in [6.07, 6.45) is 0. The van der Waals surface area contributed by atoms with Crippen LogP contribution in [-0.4, -0.2) is 15.0 Å². The molecule has 12 rings (SSSR count). The molecule has 270 valence electrons. The average Bonchev–Trinajstić information content (AvgIpc) is 3.88. The van der Waals surface area contributed by atoms with E-state index in [1.54, 1.807) is 0 Å². The lowest BCUT2D eigenvalue weighted by Gasteiger charge is -2.12. The molecule has 0 saturated heterocycles. The Balaban J connectivity index is 0.991. The predicted molar refractivity (Wildman–Crippen MR) is 242 cm³/mol. The molecule has 0 N–H and O–H groups in total. The highest BCUT2D eigenvalue weighted by Crippen LogP contribution is 2.45. The maximum absolute atomic E-state index is 6.43. The Hall–Kier alpha value is -7.47. The minimum absolute atomic E-state index is 0.664. The molecule has 4 heterocycles. The van der Waals surface area contributed by atoms with Gasteiger partial charge in [-0.25, -0.2) is 15.0 Å². The van der Waals surface area contributed by atoms with Crippen LogP contribution in [0.4, 0.5) is 0 Å². The second-order valence-electron chi connectivity index (χ2n) is 14.7. The van der Waals surface area contributed by atoms with Crippen molar-refractivity contribution >= 4 is 75.1 Å². The molecular weight excluding hydrogens is 727 g/mol. The van der Waals surface area contributed by atoms with Crippen molar-refractivity contribution in [3.05, 3.63) is 188 Å². The number of benzene rings is 8. The largest absolute Gasteiger partial charge is 0.455 e. The highest BCUT2D eigenvalue weighted by molar-refractivity contribution is 7.26. The standard InChI is InChI=1S/C53H31N3OS/c1-2-13-33(14-3-1)44-31-45(37-16-10-15-36(30-37)39-20-11-21-41-40-18-6-8-22-46(40)57-51(39)41)56-53(55-44)35-26-24-34(25-27-35)50-52-49(42-19-7-9-23-47(42)58-52)48-38-17-5-4-12-32(38)28-29-43(48)54-50/h1-31H. The molecule has 0 bridgehead atoms. The summed E-state index contributed by atoms with van der Waals surface area (Å²) in [7, 11) is 0. The van der Waals surface area contributed by atoms with Gasteiger partial charge in [0.1, 0.15) is 11.2 Å². The van der Waals surface area contributed by atoms with Crippen molar-refractivity contribution in [2.45, 2.75) is 0 Å². The Kier molecular flexibility index (Phi) is 7.37. The first kappa shape index (κ1) is 32.7. The summed E-state index contributed by atoms with van der Waals surface area (Å²) < 4.78 is 8.88. The Morgan fingerprint density at radius 2 is 1.09 bits per heavy atom. The van der Waals surface area contributed by atoms with Gasteiger partial charge < -0.3 is 4.42 Å². The van der Waals surface area contributed by atoms with Crippen LogP contribution in [0.25, 0.3) is 120 Å². The number of rotatable bonds is 5. The Morgan fingerprint density at radius 1 is 0.414 bits per heavy atom. The third-order valence-electron chi connectivity index (χ3n) is 11.3. The molecule has 8 aromatic carbocycles. The van der Waals surface area contributed by atoms with E-state index in [1.807, 2.05) is 41.7 Å². The summed E-state index contributed by atoms with van der Waals surface area (Å²) in [5.74, 6) is 0.664. The van der Waals surface area contributed by atoms with Crippen LogP contribution in [0.3, 0.4) is 0 Å². The van der Waals surface area contributed by atoms with Gasteiger partial charge in [0.25, 0.3) is 0 Å². The summed E-state index contributed by atoms with van der Waals surface area (Å²) in [5, 5.41) is 8.42. The Labute approximate surface area is 337 Å². The predicted octanol–water partition coefficient (Wildman–Crippen LogP) is 14.8. The maximum atomic E-state index is 6.43. The molecule has 4 aromatic heterocycles. The third kappa shape index (κ3) is 5.25. The van der Waals surface area contributed by atoms with E-state index in [0.717, 1.165) is 77.9 Å². The van der Waals surface area contributed by atoms with Crippen LogP contribution in [0.1, 0.15) is 0 Å². The van der Waals surface area contributed by atoms with Crippen LogP contribution in [0.5, 0.6) is 0 Å². The first-order valence-corrected chi connectivity index (χ1v) is 20.2. The zero-order chi connectivity index (χ0) is 38.2. The van der Waals surface area contributed by atoms with Crippen molar-refractivity contribution in [1.82, 2.24) is 15.0 Å². The first-order valence-electron chi connectivity index (χ1n) is 19.4. The van der Waals surface area contributed by atoms with Gasteiger partial charge in [0.15, 0.2) is 5.82 Å². The maximum Gasteiger partial charge on any atom is 0.160 e. The lowest BCUT2D eigenvalue weighted by Crippen LogP contribution is -1.96. The van der Waals surface area contributed by atoms with E-state index in [1.165, 1.54) is 36.3 Å².